The Bertz CT molecular complexity index is 382. The maximum atomic E-state index is 13.9. The first-order valence-electron chi connectivity index (χ1n) is 6.22. The van der Waals surface area contributed by atoms with Crippen molar-refractivity contribution in [3.63, 3.8) is 0 Å². The van der Waals surface area contributed by atoms with Gasteiger partial charge in [0, 0.05) is 36.1 Å². The topological polar surface area (TPSA) is 29.3 Å². The van der Waals surface area contributed by atoms with Crippen LogP contribution in [0.1, 0.15) is 19.4 Å². The SMILES string of the molecule is CSCC(C)N(C)c1cccc(F)c1CC(C)N. The fourth-order valence-corrected chi connectivity index (χ4v) is 2.70. The molecule has 0 aromatic heterocycles. The molecule has 0 aliphatic carbocycles. The van der Waals surface area contributed by atoms with Crippen LogP contribution in [-0.4, -0.2) is 31.1 Å². The van der Waals surface area contributed by atoms with Gasteiger partial charge in [0.1, 0.15) is 5.82 Å². The molecule has 0 heterocycles. The van der Waals surface area contributed by atoms with Gasteiger partial charge < -0.3 is 10.6 Å². The molecule has 0 saturated carbocycles. The minimum Gasteiger partial charge on any atom is -0.371 e. The van der Waals surface area contributed by atoms with E-state index in [0.29, 0.717) is 12.5 Å². The van der Waals surface area contributed by atoms with Crippen LogP contribution in [0.2, 0.25) is 0 Å². The Morgan fingerprint density at radius 1 is 1.39 bits per heavy atom. The number of benzene rings is 1. The molecule has 0 aliphatic rings. The summed E-state index contributed by atoms with van der Waals surface area (Å²) in [6, 6.07) is 5.57. The van der Waals surface area contributed by atoms with E-state index in [1.165, 1.54) is 6.07 Å². The molecule has 18 heavy (non-hydrogen) atoms. The van der Waals surface area contributed by atoms with Gasteiger partial charge in [0.2, 0.25) is 0 Å². The van der Waals surface area contributed by atoms with Crippen molar-refractivity contribution < 1.29 is 4.39 Å². The molecule has 2 atom stereocenters. The van der Waals surface area contributed by atoms with Crippen LogP contribution in [-0.2, 0) is 6.42 Å². The lowest BCUT2D eigenvalue weighted by Gasteiger charge is -2.29. The number of halogens is 1. The van der Waals surface area contributed by atoms with Crippen molar-refractivity contribution in [3.05, 3.63) is 29.6 Å². The van der Waals surface area contributed by atoms with E-state index in [0.717, 1.165) is 17.0 Å². The van der Waals surface area contributed by atoms with Crippen LogP contribution in [0, 0.1) is 5.82 Å². The van der Waals surface area contributed by atoms with E-state index < -0.39 is 0 Å². The second kappa shape index (κ2) is 7.00. The zero-order chi connectivity index (χ0) is 13.7. The molecule has 2 unspecified atom stereocenters. The molecule has 0 spiro atoms. The van der Waals surface area contributed by atoms with Gasteiger partial charge in [-0.25, -0.2) is 4.39 Å². The van der Waals surface area contributed by atoms with Crippen molar-refractivity contribution in [2.75, 3.05) is 24.0 Å². The van der Waals surface area contributed by atoms with Gasteiger partial charge in [0.05, 0.1) is 0 Å². The van der Waals surface area contributed by atoms with E-state index in [1.807, 2.05) is 20.0 Å². The minimum atomic E-state index is -0.159. The quantitative estimate of drug-likeness (QED) is 0.862. The van der Waals surface area contributed by atoms with Crippen LogP contribution in [0.15, 0.2) is 18.2 Å². The first-order valence-corrected chi connectivity index (χ1v) is 7.61. The summed E-state index contributed by atoms with van der Waals surface area (Å²) in [6.07, 6.45) is 2.65. The number of nitrogens with zero attached hydrogens (tertiary/aromatic N) is 1. The van der Waals surface area contributed by atoms with Crippen LogP contribution in [0.5, 0.6) is 0 Å². The van der Waals surface area contributed by atoms with E-state index in [9.17, 15) is 4.39 Å². The number of rotatable bonds is 6. The maximum absolute atomic E-state index is 13.9. The molecule has 0 fully saturated rings. The summed E-state index contributed by atoms with van der Waals surface area (Å²) in [7, 11) is 2.01. The molecule has 102 valence electrons. The van der Waals surface area contributed by atoms with Gasteiger partial charge in [0.15, 0.2) is 0 Å². The average molecular weight is 270 g/mol. The Balaban J connectivity index is 3.03. The Hall–Kier alpha value is -0.740. The molecule has 1 aromatic rings. The van der Waals surface area contributed by atoms with Crippen LogP contribution in [0.25, 0.3) is 0 Å². The molecule has 1 rings (SSSR count). The van der Waals surface area contributed by atoms with E-state index in [-0.39, 0.29) is 11.9 Å². The van der Waals surface area contributed by atoms with Crippen molar-refractivity contribution >= 4 is 17.4 Å². The molecular weight excluding hydrogens is 247 g/mol. The highest BCUT2D eigenvalue weighted by molar-refractivity contribution is 7.98. The van der Waals surface area contributed by atoms with Gasteiger partial charge in [-0.2, -0.15) is 11.8 Å². The van der Waals surface area contributed by atoms with Gasteiger partial charge >= 0.3 is 0 Å². The third kappa shape index (κ3) is 3.89. The van der Waals surface area contributed by atoms with Gasteiger partial charge in [-0.05, 0) is 38.7 Å². The summed E-state index contributed by atoms with van der Waals surface area (Å²) in [5.41, 5.74) is 7.49. The van der Waals surface area contributed by atoms with Crippen molar-refractivity contribution in [1.82, 2.24) is 0 Å². The van der Waals surface area contributed by atoms with Crippen molar-refractivity contribution in [3.8, 4) is 0 Å². The number of thioether (sulfide) groups is 1. The van der Waals surface area contributed by atoms with Crippen molar-refractivity contribution in [1.29, 1.82) is 0 Å². The number of anilines is 1. The largest absolute Gasteiger partial charge is 0.371 e. The summed E-state index contributed by atoms with van der Waals surface area (Å²) in [5.74, 6) is 0.859. The molecule has 4 heteroatoms. The van der Waals surface area contributed by atoms with Crippen LogP contribution in [0.4, 0.5) is 10.1 Å². The van der Waals surface area contributed by atoms with Gasteiger partial charge in [-0.15, -0.1) is 0 Å². The van der Waals surface area contributed by atoms with Crippen LogP contribution >= 0.6 is 11.8 Å². The second-order valence-corrected chi connectivity index (χ2v) is 5.74. The predicted octanol–water partition coefficient (Wildman–Crippen LogP) is 2.90. The molecule has 0 saturated heterocycles. The predicted molar refractivity (Wildman–Crippen MR) is 80.0 cm³/mol. The van der Waals surface area contributed by atoms with E-state index in [1.54, 1.807) is 17.8 Å². The fourth-order valence-electron chi connectivity index (χ4n) is 1.99. The molecule has 1 aromatic carbocycles. The molecule has 2 nitrogen and oxygen atoms in total. The molecule has 0 radical (unpaired) electrons. The molecule has 0 amide bonds. The highest BCUT2D eigenvalue weighted by Gasteiger charge is 2.16. The lowest BCUT2D eigenvalue weighted by Crippen LogP contribution is -2.32. The Labute approximate surface area is 114 Å². The molecular formula is C14H23FN2S. The van der Waals surface area contributed by atoms with Gasteiger partial charge in [-0.3, -0.25) is 0 Å². The number of hydrogen-bond acceptors (Lipinski definition) is 3. The second-order valence-electron chi connectivity index (χ2n) is 4.83. The summed E-state index contributed by atoms with van der Waals surface area (Å²) in [5, 5.41) is 0. The fraction of sp³-hybridized carbons (Fsp3) is 0.571. The Kier molecular flexibility index (Phi) is 5.96. The Morgan fingerprint density at radius 3 is 2.61 bits per heavy atom. The average Bonchev–Trinajstić information content (AvgIpc) is 2.30. The van der Waals surface area contributed by atoms with E-state index in [2.05, 4.69) is 18.1 Å². The van der Waals surface area contributed by atoms with E-state index >= 15 is 0 Å². The third-order valence-corrected chi connectivity index (χ3v) is 3.88. The summed E-state index contributed by atoms with van der Waals surface area (Å²) < 4.78 is 13.9. The number of nitrogens with two attached hydrogens (primary N) is 1. The van der Waals surface area contributed by atoms with Crippen LogP contribution in [0.3, 0.4) is 0 Å². The first kappa shape index (κ1) is 15.3. The summed E-state index contributed by atoms with van der Waals surface area (Å²) in [4.78, 5) is 2.14. The lowest BCUT2D eigenvalue weighted by atomic mass is 10.0. The van der Waals surface area contributed by atoms with Crippen molar-refractivity contribution in [2.45, 2.75) is 32.4 Å². The molecule has 0 bridgehead atoms. The first-order chi connectivity index (χ1) is 8.47. The maximum Gasteiger partial charge on any atom is 0.128 e. The van der Waals surface area contributed by atoms with Gasteiger partial charge in [0.25, 0.3) is 0 Å². The molecule has 2 N–H and O–H groups in total. The third-order valence-electron chi connectivity index (χ3n) is 3.07. The Morgan fingerprint density at radius 2 is 2.06 bits per heavy atom. The normalized spacial score (nSPS) is 14.3. The van der Waals surface area contributed by atoms with Gasteiger partial charge in [-0.1, -0.05) is 6.07 Å². The minimum absolute atomic E-state index is 0.0371. The zero-order valence-electron chi connectivity index (χ0n) is 11.6. The van der Waals surface area contributed by atoms with E-state index in [4.69, 9.17) is 5.73 Å². The van der Waals surface area contributed by atoms with Crippen molar-refractivity contribution in [2.24, 2.45) is 5.73 Å². The molecule has 0 aliphatic heterocycles. The van der Waals surface area contributed by atoms with Crippen LogP contribution < -0.4 is 10.6 Å². The lowest BCUT2D eigenvalue weighted by molar-refractivity contribution is 0.593. The number of hydrogen-bond donors (Lipinski definition) is 1. The standard InChI is InChI=1S/C14H23FN2S/c1-10(16)8-12-13(15)6-5-7-14(12)17(3)11(2)9-18-4/h5-7,10-11H,8-9,16H2,1-4H3. The summed E-state index contributed by atoms with van der Waals surface area (Å²) >= 11 is 1.80. The highest BCUT2D eigenvalue weighted by Crippen LogP contribution is 2.25. The summed E-state index contributed by atoms with van der Waals surface area (Å²) in [6.45, 7) is 4.05. The zero-order valence-corrected chi connectivity index (χ0v) is 12.4. The monoisotopic (exact) mass is 270 g/mol. The highest BCUT2D eigenvalue weighted by atomic mass is 32.2. The smallest absolute Gasteiger partial charge is 0.128 e.